The van der Waals surface area contributed by atoms with Crippen molar-refractivity contribution >= 4 is 33.3 Å². The molecule has 0 aromatic heterocycles. The minimum absolute atomic E-state index is 0.288. The molecule has 0 bridgehead atoms. The van der Waals surface area contributed by atoms with E-state index in [0.717, 1.165) is 10.6 Å². The highest BCUT2D eigenvalue weighted by Crippen LogP contribution is 2.19. The Balaban J connectivity index is 2.23. The molecule has 1 N–H and O–H groups in total. The second kappa shape index (κ2) is 7.35. The molecule has 0 atom stereocenters. The van der Waals surface area contributed by atoms with Gasteiger partial charge in [0.25, 0.3) is 5.91 Å². The first-order valence-corrected chi connectivity index (χ1v) is 9.11. The minimum atomic E-state index is -3.43. The van der Waals surface area contributed by atoms with Crippen LogP contribution in [0.1, 0.15) is 20.7 Å². The zero-order valence-corrected chi connectivity index (χ0v) is 14.8. The number of ether oxygens (including phenoxy) is 1. The first-order valence-electron chi connectivity index (χ1n) is 7.26. The van der Waals surface area contributed by atoms with Crippen molar-refractivity contribution in [3.63, 3.8) is 0 Å². The van der Waals surface area contributed by atoms with Crippen LogP contribution in [0.3, 0.4) is 0 Å². The van der Waals surface area contributed by atoms with E-state index in [2.05, 4.69) is 10.1 Å². The van der Waals surface area contributed by atoms with Gasteiger partial charge in [0.2, 0.25) is 10.0 Å². The number of anilines is 2. The van der Waals surface area contributed by atoms with Crippen molar-refractivity contribution < 1.29 is 22.7 Å². The summed E-state index contributed by atoms with van der Waals surface area (Å²) in [4.78, 5) is 23.9. The van der Waals surface area contributed by atoms with E-state index in [1.807, 2.05) is 0 Å². The fourth-order valence-electron chi connectivity index (χ4n) is 2.08. The lowest BCUT2D eigenvalue weighted by Crippen LogP contribution is -2.25. The van der Waals surface area contributed by atoms with Gasteiger partial charge >= 0.3 is 5.97 Å². The van der Waals surface area contributed by atoms with Gasteiger partial charge < -0.3 is 10.1 Å². The van der Waals surface area contributed by atoms with Gasteiger partial charge in [-0.15, -0.1) is 0 Å². The Morgan fingerprint density at radius 2 is 1.68 bits per heavy atom. The average Bonchev–Trinajstić information content (AvgIpc) is 2.59. The van der Waals surface area contributed by atoms with E-state index >= 15 is 0 Å². The van der Waals surface area contributed by atoms with Gasteiger partial charge in [0.05, 0.1) is 24.6 Å². The molecule has 132 valence electrons. The molecule has 2 aromatic rings. The van der Waals surface area contributed by atoms with Crippen LogP contribution < -0.4 is 9.62 Å². The summed E-state index contributed by atoms with van der Waals surface area (Å²) in [6.45, 7) is 0. The third kappa shape index (κ3) is 4.57. The van der Waals surface area contributed by atoms with Crippen LogP contribution in [0.2, 0.25) is 0 Å². The zero-order valence-electron chi connectivity index (χ0n) is 14.0. The summed E-state index contributed by atoms with van der Waals surface area (Å²) >= 11 is 0. The van der Waals surface area contributed by atoms with Crippen molar-refractivity contribution in [2.75, 3.05) is 30.0 Å². The maximum absolute atomic E-state index is 12.4. The molecule has 0 aliphatic carbocycles. The van der Waals surface area contributed by atoms with Crippen LogP contribution in [0.5, 0.6) is 0 Å². The molecule has 25 heavy (non-hydrogen) atoms. The third-order valence-corrected chi connectivity index (χ3v) is 4.72. The number of hydrogen-bond acceptors (Lipinski definition) is 5. The number of benzene rings is 2. The van der Waals surface area contributed by atoms with Crippen LogP contribution in [0.25, 0.3) is 0 Å². The molecule has 7 nitrogen and oxygen atoms in total. The van der Waals surface area contributed by atoms with Crippen LogP contribution in [0, 0.1) is 0 Å². The summed E-state index contributed by atoms with van der Waals surface area (Å²) in [6.07, 6.45) is 1.08. The van der Waals surface area contributed by atoms with E-state index in [0.29, 0.717) is 16.9 Å². The SMILES string of the molecule is COC(=O)c1cccc(NC(=O)c2cccc(N(C)S(C)(=O)=O)c2)c1. The predicted octanol–water partition coefficient (Wildman–Crippen LogP) is 2.12. The minimum Gasteiger partial charge on any atom is -0.465 e. The van der Waals surface area contributed by atoms with Crippen molar-refractivity contribution in [3.05, 3.63) is 59.7 Å². The number of esters is 1. The summed E-state index contributed by atoms with van der Waals surface area (Å²) in [5.41, 5.74) is 1.40. The molecule has 0 saturated carbocycles. The second-order valence-corrected chi connectivity index (χ2v) is 7.32. The number of nitrogens with zero attached hydrogens (tertiary/aromatic N) is 1. The molecule has 2 rings (SSSR count). The van der Waals surface area contributed by atoms with Gasteiger partial charge in [-0.2, -0.15) is 0 Å². The van der Waals surface area contributed by atoms with Crippen LogP contribution >= 0.6 is 0 Å². The van der Waals surface area contributed by atoms with Crippen molar-refractivity contribution in [2.24, 2.45) is 0 Å². The molecule has 0 fully saturated rings. The van der Waals surface area contributed by atoms with E-state index in [-0.39, 0.29) is 5.56 Å². The first-order chi connectivity index (χ1) is 11.7. The van der Waals surface area contributed by atoms with Gasteiger partial charge in [0, 0.05) is 18.3 Å². The molecule has 8 heteroatoms. The highest BCUT2D eigenvalue weighted by atomic mass is 32.2. The lowest BCUT2D eigenvalue weighted by Gasteiger charge is -2.17. The first kappa shape index (κ1) is 18.5. The number of methoxy groups -OCH3 is 1. The highest BCUT2D eigenvalue weighted by molar-refractivity contribution is 7.92. The molecule has 1 amide bonds. The second-order valence-electron chi connectivity index (χ2n) is 5.31. The highest BCUT2D eigenvalue weighted by Gasteiger charge is 2.14. The number of carbonyl (C=O) groups excluding carboxylic acids is 2. The maximum atomic E-state index is 12.4. The third-order valence-electron chi connectivity index (χ3n) is 3.51. The monoisotopic (exact) mass is 362 g/mol. The fraction of sp³-hybridized carbons (Fsp3) is 0.176. The molecule has 0 unspecified atom stereocenters. The molecule has 0 heterocycles. The molecular formula is C17H18N2O5S. The molecule has 2 aromatic carbocycles. The number of nitrogens with one attached hydrogen (secondary N) is 1. The normalized spacial score (nSPS) is 10.8. The lowest BCUT2D eigenvalue weighted by atomic mass is 10.1. The Labute approximate surface area is 146 Å². The van der Waals surface area contributed by atoms with Gasteiger partial charge in [-0.05, 0) is 36.4 Å². The predicted molar refractivity (Wildman–Crippen MR) is 95.4 cm³/mol. The molecule has 0 saturated heterocycles. The quantitative estimate of drug-likeness (QED) is 0.823. The van der Waals surface area contributed by atoms with Gasteiger partial charge in [0.15, 0.2) is 0 Å². The van der Waals surface area contributed by atoms with Gasteiger partial charge in [0.1, 0.15) is 0 Å². The van der Waals surface area contributed by atoms with E-state index in [1.165, 1.54) is 26.3 Å². The Morgan fingerprint density at radius 3 is 2.32 bits per heavy atom. The molecular weight excluding hydrogens is 344 g/mol. The lowest BCUT2D eigenvalue weighted by molar-refractivity contribution is 0.0600. The number of carbonyl (C=O) groups is 2. The summed E-state index contributed by atoms with van der Waals surface area (Å²) in [7, 11) is -0.741. The van der Waals surface area contributed by atoms with Crippen LogP contribution in [0.4, 0.5) is 11.4 Å². The van der Waals surface area contributed by atoms with E-state index in [9.17, 15) is 18.0 Å². The van der Waals surface area contributed by atoms with Crippen LogP contribution in [-0.2, 0) is 14.8 Å². The molecule has 0 radical (unpaired) electrons. The smallest absolute Gasteiger partial charge is 0.337 e. The van der Waals surface area contributed by atoms with Crippen LogP contribution in [0.15, 0.2) is 48.5 Å². The number of amides is 1. The molecule has 0 aliphatic heterocycles. The Bertz CT molecular complexity index is 909. The Hall–Kier alpha value is -2.87. The summed E-state index contributed by atoms with van der Waals surface area (Å²) in [6, 6.07) is 12.6. The van der Waals surface area contributed by atoms with Crippen molar-refractivity contribution in [2.45, 2.75) is 0 Å². The van der Waals surface area contributed by atoms with Gasteiger partial charge in [-0.25, -0.2) is 13.2 Å². The summed E-state index contributed by atoms with van der Waals surface area (Å²) < 4.78 is 29.0. The van der Waals surface area contributed by atoms with E-state index in [1.54, 1.807) is 36.4 Å². The fourth-order valence-corrected chi connectivity index (χ4v) is 2.58. The average molecular weight is 362 g/mol. The Kier molecular flexibility index (Phi) is 5.43. The number of rotatable bonds is 5. The topological polar surface area (TPSA) is 92.8 Å². The number of sulfonamides is 1. The van der Waals surface area contributed by atoms with Crippen LogP contribution in [-0.4, -0.2) is 40.7 Å². The van der Waals surface area contributed by atoms with Crippen molar-refractivity contribution in [1.82, 2.24) is 0 Å². The van der Waals surface area contributed by atoms with Gasteiger partial charge in [-0.1, -0.05) is 12.1 Å². The van der Waals surface area contributed by atoms with Gasteiger partial charge in [-0.3, -0.25) is 9.10 Å². The zero-order chi connectivity index (χ0) is 18.6. The van der Waals surface area contributed by atoms with E-state index in [4.69, 9.17) is 0 Å². The molecule has 0 aliphatic rings. The van der Waals surface area contributed by atoms with Crippen molar-refractivity contribution in [1.29, 1.82) is 0 Å². The standard InChI is InChI=1S/C17H18N2O5S/c1-19(25(3,22)23)15-9-5-6-12(11-15)16(20)18-14-8-4-7-13(10-14)17(21)24-2/h4-11H,1-3H3,(H,18,20). The Morgan fingerprint density at radius 1 is 1.04 bits per heavy atom. The summed E-state index contributed by atoms with van der Waals surface area (Å²) in [5, 5.41) is 2.67. The molecule has 0 spiro atoms. The summed E-state index contributed by atoms with van der Waals surface area (Å²) in [5.74, 6) is -0.932. The van der Waals surface area contributed by atoms with Crippen molar-refractivity contribution in [3.8, 4) is 0 Å². The largest absolute Gasteiger partial charge is 0.465 e. The van der Waals surface area contributed by atoms with E-state index < -0.39 is 21.9 Å². The number of hydrogen-bond donors (Lipinski definition) is 1. The maximum Gasteiger partial charge on any atom is 0.337 e.